The molecule has 2 rings (SSSR count). The van der Waals surface area contributed by atoms with Gasteiger partial charge in [0, 0.05) is 19.3 Å². The van der Waals surface area contributed by atoms with Gasteiger partial charge in [-0.15, -0.1) is 0 Å². The lowest BCUT2D eigenvalue weighted by Crippen LogP contribution is -2.37. The monoisotopic (exact) mass is 307 g/mol. The molecule has 0 radical (unpaired) electrons. The van der Waals surface area contributed by atoms with Crippen molar-refractivity contribution in [1.82, 2.24) is 9.78 Å². The molecule has 1 aromatic heterocycles. The van der Waals surface area contributed by atoms with Crippen LogP contribution in [-0.4, -0.2) is 24.2 Å². The standard InChI is InChI=1S/C15H21N3O2S/c1-11(2)18(15-8-12(3)6-7-13(15)4)21(19,20)14-9-16-17(5)10-14/h6-11H,1-5H3. The second-order valence-corrected chi connectivity index (χ2v) is 7.35. The van der Waals surface area contributed by atoms with Gasteiger partial charge in [0.1, 0.15) is 4.90 Å². The highest BCUT2D eigenvalue weighted by Crippen LogP contribution is 2.29. The first-order valence-corrected chi connectivity index (χ1v) is 8.28. The molecule has 0 spiro atoms. The minimum absolute atomic E-state index is 0.185. The Bertz CT molecular complexity index is 748. The number of hydrogen-bond donors (Lipinski definition) is 0. The molecular formula is C15H21N3O2S. The molecule has 21 heavy (non-hydrogen) atoms. The van der Waals surface area contributed by atoms with E-state index in [4.69, 9.17) is 0 Å². The van der Waals surface area contributed by atoms with Crippen LogP contribution in [0.2, 0.25) is 0 Å². The Morgan fingerprint density at radius 2 is 1.90 bits per heavy atom. The van der Waals surface area contributed by atoms with Gasteiger partial charge in [0.05, 0.1) is 11.9 Å². The summed E-state index contributed by atoms with van der Waals surface area (Å²) in [6.07, 6.45) is 2.91. The molecule has 0 N–H and O–H groups in total. The van der Waals surface area contributed by atoms with Gasteiger partial charge in [-0.1, -0.05) is 12.1 Å². The van der Waals surface area contributed by atoms with Crippen molar-refractivity contribution in [3.05, 3.63) is 41.7 Å². The number of sulfonamides is 1. The fourth-order valence-corrected chi connectivity index (χ4v) is 3.99. The topological polar surface area (TPSA) is 55.2 Å². The van der Waals surface area contributed by atoms with Gasteiger partial charge in [-0.3, -0.25) is 8.99 Å². The van der Waals surface area contributed by atoms with Gasteiger partial charge in [0.2, 0.25) is 0 Å². The minimum atomic E-state index is -3.62. The SMILES string of the molecule is Cc1ccc(C)c(N(C(C)C)S(=O)(=O)c2cnn(C)c2)c1. The van der Waals surface area contributed by atoms with Crippen molar-refractivity contribution in [2.75, 3.05) is 4.31 Å². The molecule has 114 valence electrons. The first-order valence-electron chi connectivity index (χ1n) is 6.84. The molecule has 0 aliphatic carbocycles. The summed E-state index contributed by atoms with van der Waals surface area (Å²) in [5, 5.41) is 3.97. The largest absolute Gasteiger partial charge is 0.274 e. The van der Waals surface area contributed by atoms with E-state index in [9.17, 15) is 8.42 Å². The maximum atomic E-state index is 12.9. The number of aromatic nitrogens is 2. The number of rotatable bonds is 4. The molecule has 0 atom stereocenters. The fourth-order valence-electron chi connectivity index (χ4n) is 2.29. The van der Waals surface area contributed by atoms with Crippen LogP contribution in [0, 0.1) is 13.8 Å². The van der Waals surface area contributed by atoms with Crippen LogP contribution >= 0.6 is 0 Å². The van der Waals surface area contributed by atoms with Crippen LogP contribution in [-0.2, 0) is 17.1 Å². The van der Waals surface area contributed by atoms with Crippen LogP contribution in [0.4, 0.5) is 5.69 Å². The predicted octanol–water partition coefficient (Wildman–Crippen LogP) is 2.64. The molecule has 0 unspecified atom stereocenters. The Hall–Kier alpha value is -1.82. The number of aryl methyl sites for hydroxylation is 3. The quantitative estimate of drug-likeness (QED) is 0.872. The summed E-state index contributed by atoms with van der Waals surface area (Å²) >= 11 is 0. The minimum Gasteiger partial charge on any atom is -0.274 e. The van der Waals surface area contributed by atoms with Crippen molar-refractivity contribution in [3.8, 4) is 0 Å². The van der Waals surface area contributed by atoms with E-state index in [0.29, 0.717) is 5.69 Å². The van der Waals surface area contributed by atoms with Crippen LogP contribution in [0.3, 0.4) is 0 Å². The zero-order valence-electron chi connectivity index (χ0n) is 13.0. The van der Waals surface area contributed by atoms with E-state index >= 15 is 0 Å². The van der Waals surface area contributed by atoms with Crippen molar-refractivity contribution < 1.29 is 8.42 Å². The summed E-state index contributed by atoms with van der Waals surface area (Å²) in [6.45, 7) is 7.62. The van der Waals surface area contributed by atoms with Crippen LogP contribution in [0.5, 0.6) is 0 Å². The number of nitrogens with zero attached hydrogens (tertiary/aromatic N) is 3. The molecule has 0 saturated heterocycles. The Kier molecular flexibility index (Phi) is 4.09. The summed E-state index contributed by atoms with van der Waals surface area (Å²) in [5.41, 5.74) is 2.68. The highest BCUT2D eigenvalue weighted by Gasteiger charge is 2.29. The zero-order chi connectivity index (χ0) is 15.8. The summed E-state index contributed by atoms with van der Waals surface area (Å²) in [5.74, 6) is 0. The van der Waals surface area contributed by atoms with E-state index in [1.807, 2.05) is 45.9 Å². The van der Waals surface area contributed by atoms with E-state index in [1.165, 1.54) is 21.4 Å². The van der Waals surface area contributed by atoms with Crippen LogP contribution in [0.25, 0.3) is 0 Å². The second kappa shape index (κ2) is 5.52. The molecule has 0 saturated carbocycles. The van der Waals surface area contributed by atoms with Crippen molar-refractivity contribution in [2.45, 2.75) is 38.6 Å². The molecule has 1 aromatic carbocycles. The zero-order valence-corrected chi connectivity index (χ0v) is 13.8. The van der Waals surface area contributed by atoms with E-state index in [-0.39, 0.29) is 10.9 Å². The van der Waals surface area contributed by atoms with E-state index in [0.717, 1.165) is 11.1 Å². The Labute approximate surface area is 126 Å². The van der Waals surface area contributed by atoms with Crippen molar-refractivity contribution >= 4 is 15.7 Å². The lowest BCUT2D eigenvalue weighted by atomic mass is 10.1. The van der Waals surface area contributed by atoms with E-state index < -0.39 is 10.0 Å². The highest BCUT2D eigenvalue weighted by atomic mass is 32.2. The summed E-state index contributed by atoms with van der Waals surface area (Å²) in [6, 6.07) is 5.64. The van der Waals surface area contributed by atoms with E-state index in [1.54, 1.807) is 7.05 Å². The van der Waals surface area contributed by atoms with E-state index in [2.05, 4.69) is 5.10 Å². The third-order valence-corrected chi connectivity index (χ3v) is 5.25. The summed E-state index contributed by atoms with van der Waals surface area (Å²) in [4.78, 5) is 0.208. The van der Waals surface area contributed by atoms with Gasteiger partial charge in [-0.2, -0.15) is 5.10 Å². The van der Waals surface area contributed by atoms with Crippen LogP contribution < -0.4 is 4.31 Å². The first-order chi connectivity index (χ1) is 9.73. The Balaban J connectivity index is 2.61. The fraction of sp³-hybridized carbons (Fsp3) is 0.400. The molecule has 0 fully saturated rings. The van der Waals surface area contributed by atoms with Crippen molar-refractivity contribution in [3.63, 3.8) is 0 Å². The molecule has 1 heterocycles. The smallest absolute Gasteiger partial charge is 0.267 e. The molecule has 5 nitrogen and oxygen atoms in total. The number of anilines is 1. The molecule has 2 aromatic rings. The third kappa shape index (κ3) is 2.95. The molecule has 0 amide bonds. The van der Waals surface area contributed by atoms with Crippen LogP contribution in [0.1, 0.15) is 25.0 Å². The highest BCUT2D eigenvalue weighted by molar-refractivity contribution is 7.92. The summed E-state index contributed by atoms with van der Waals surface area (Å²) < 4.78 is 28.8. The second-order valence-electron chi connectivity index (χ2n) is 5.53. The average Bonchev–Trinajstić information content (AvgIpc) is 2.80. The Morgan fingerprint density at radius 3 is 2.43 bits per heavy atom. The number of hydrogen-bond acceptors (Lipinski definition) is 3. The van der Waals surface area contributed by atoms with Crippen LogP contribution in [0.15, 0.2) is 35.5 Å². The first kappa shape index (κ1) is 15.6. The Morgan fingerprint density at radius 1 is 1.24 bits per heavy atom. The lowest BCUT2D eigenvalue weighted by Gasteiger charge is -2.29. The molecule has 0 aliphatic rings. The van der Waals surface area contributed by atoms with Gasteiger partial charge in [-0.25, -0.2) is 8.42 Å². The third-order valence-electron chi connectivity index (χ3n) is 3.31. The average molecular weight is 307 g/mol. The lowest BCUT2D eigenvalue weighted by molar-refractivity contribution is 0.584. The maximum absolute atomic E-state index is 12.9. The molecular weight excluding hydrogens is 286 g/mol. The number of benzene rings is 1. The van der Waals surface area contributed by atoms with Gasteiger partial charge in [-0.05, 0) is 44.9 Å². The normalized spacial score (nSPS) is 11.9. The van der Waals surface area contributed by atoms with Gasteiger partial charge in [0.25, 0.3) is 10.0 Å². The van der Waals surface area contributed by atoms with Crippen molar-refractivity contribution in [1.29, 1.82) is 0 Å². The van der Waals surface area contributed by atoms with Gasteiger partial charge >= 0.3 is 0 Å². The van der Waals surface area contributed by atoms with Gasteiger partial charge < -0.3 is 0 Å². The molecule has 0 bridgehead atoms. The van der Waals surface area contributed by atoms with Crippen molar-refractivity contribution in [2.24, 2.45) is 7.05 Å². The molecule has 6 heteroatoms. The summed E-state index contributed by atoms with van der Waals surface area (Å²) in [7, 11) is -1.92. The molecule has 0 aliphatic heterocycles. The predicted molar refractivity (Wildman–Crippen MR) is 83.9 cm³/mol. The maximum Gasteiger partial charge on any atom is 0.267 e. The van der Waals surface area contributed by atoms with Gasteiger partial charge in [0.15, 0.2) is 0 Å².